The highest BCUT2D eigenvalue weighted by molar-refractivity contribution is 5.81. The minimum Gasteiger partial charge on any atom is -0.495 e. The summed E-state index contributed by atoms with van der Waals surface area (Å²) in [5.74, 6) is -0.724. The Hall–Kier alpha value is -3.30. The molecule has 1 saturated heterocycles. The van der Waals surface area contributed by atoms with Gasteiger partial charge in [0.1, 0.15) is 11.4 Å². The van der Waals surface area contributed by atoms with E-state index in [1.807, 2.05) is 13.1 Å². The summed E-state index contributed by atoms with van der Waals surface area (Å²) < 4.78 is 37.0. The highest BCUT2D eigenvalue weighted by Crippen LogP contribution is 2.31. The van der Waals surface area contributed by atoms with Gasteiger partial charge >= 0.3 is 12.0 Å². The van der Waals surface area contributed by atoms with E-state index < -0.39 is 12.0 Å². The van der Waals surface area contributed by atoms with Crippen molar-refractivity contribution >= 4 is 5.91 Å². The number of piperidine rings is 1. The summed E-state index contributed by atoms with van der Waals surface area (Å²) in [6.45, 7) is 2.55. The third-order valence-corrected chi connectivity index (χ3v) is 5.15. The number of aromatic nitrogens is 5. The van der Waals surface area contributed by atoms with Gasteiger partial charge in [-0.15, -0.1) is 5.10 Å². The SMILES string of the molecule is COc1cc(-c2cn(C(F)(F)C(=O)N3CCCCC3)nn2)ccc1-n1cnc(C)c1. The number of benzene rings is 1. The number of rotatable bonds is 5. The van der Waals surface area contributed by atoms with Gasteiger partial charge in [0.2, 0.25) is 0 Å². The van der Waals surface area contributed by atoms with E-state index in [9.17, 15) is 13.6 Å². The molecule has 2 aromatic heterocycles. The van der Waals surface area contributed by atoms with Crippen LogP contribution in [0.2, 0.25) is 0 Å². The molecular weight excluding hydrogens is 394 g/mol. The van der Waals surface area contributed by atoms with Gasteiger partial charge in [0.25, 0.3) is 0 Å². The lowest BCUT2D eigenvalue weighted by atomic mass is 10.1. The normalized spacial score (nSPS) is 14.7. The number of nitrogens with zero attached hydrogens (tertiary/aromatic N) is 6. The van der Waals surface area contributed by atoms with Crippen LogP contribution in [-0.4, -0.2) is 55.6 Å². The van der Waals surface area contributed by atoms with Crippen LogP contribution in [0.5, 0.6) is 5.75 Å². The van der Waals surface area contributed by atoms with Crippen molar-refractivity contribution in [3.8, 4) is 22.7 Å². The van der Waals surface area contributed by atoms with Gasteiger partial charge in [-0.3, -0.25) is 4.79 Å². The number of hydrogen-bond acceptors (Lipinski definition) is 5. The van der Waals surface area contributed by atoms with E-state index in [0.717, 1.165) is 36.8 Å². The fraction of sp³-hybridized carbons (Fsp3) is 0.400. The lowest BCUT2D eigenvalue weighted by molar-refractivity contribution is -0.177. The Balaban J connectivity index is 1.61. The van der Waals surface area contributed by atoms with Crippen molar-refractivity contribution in [2.75, 3.05) is 20.2 Å². The van der Waals surface area contributed by atoms with Crippen LogP contribution in [0.15, 0.2) is 36.9 Å². The molecular formula is C20H22F2N6O2. The number of amides is 1. The highest BCUT2D eigenvalue weighted by Gasteiger charge is 2.45. The molecule has 0 spiro atoms. The molecule has 0 unspecified atom stereocenters. The van der Waals surface area contributed by atoms with Crippen LogP contribution in [-0.2, 0) is 10.8 Å². The topological polar surface area (TPSA) is 78.1 Å². The predicted molar refractivity (Wildman–Crippen MR) is 104 cm³/mol. The second-order valence-electron chi connectivity index (χ2n) is 7.25. The van der Waals surface area contributed by atoms with E-state index in [-0.39, 0.29) is 5.69 Å². The Morgan fingerprint density at radius 1 is 1.17 bits per heavy atom. The standard InChI is InChI=1S/C20H22F2N6O2/c1-14-11-27(13-23-14)17-7-6-15(10-18(17)30-2)16-12-28(25-24-16)20(21,22)19(29)26-8-4-3-5-9-26/h6-7,10-13H,3-5,8-9H2,1-2H3. The summed E-state index contributed by atoms with van der Waals surface area (Å²) in [6, 6.07) is 1.40. The van der Waals surface area contributed by atoms with Crippen LogP contribution in [0.1, 0.15) is 25.0 Å². The number of carbonyl (C=O) groups excluding carboxylic acids is 1. The van der Waals surface area contributed by atoms with Gasteiger partial charge in [0.15, 0.2) is 0 Å². The van der Waals surface area contributed by atoms with Gasteiger partial charge in [-0.2, -0.15) is 13.5 Å². The van der Waals surface area contributed by atoms with E-state index in [4.69, 9.17) is 4.74 Å². The number of alkyl halides is 2. The lowest BCUT2D eigenvalue weighted by Gasteiger charge is -2.29. The van der Waals surface area contributed by atoms with E-state index in [2.05, 4.69) is 15.3 Å². The molecule has 0 radical (unpaired) electrons. The smallest absolute Gasteiger partial charge is 0.424 e. The average molecular weight is 416 g/mol. The van der Waals surface area contributed by atoms with Crippen molar-refractivity contribution in [1.82, 2.24) is 29.4 Å². The van der Waals surface area contributed by atoms with E-state index in [1.165, 1.54) is 12.0 Å². The first kappa shape index (κ1) is 20.0. The van der Waals surface area contributed by atoms with Crippen molar-refractivity contribution in [3.63, 3.8) is 0 Å². The van der Waals surface area contributed by atoms with E-state index in [0.29, 0.717) is 29.1 Å². The monoisotopic (exact) mass is 416 g/mol. The molecule has 0 aliphatic carbocycles. The minimum absolute atomic E-state index is 0.216. The molecule has 0 bridgehead atoms. The molecule has 1 fully saturated rings. The Bertz CT molecular complexity index is 1060. The van der Waals surface area contributed by atoms with Crippen LogP contribution < -0.4 is 4.74 Å². The van der Waals surface area contributed by atoms with E-state index in [1.54, 1.807) is 29.1 Å². The number of imidazole rings is 1. The Kier molecular flexibility index (Phi) is 5.23. The zero-order valence-electron chi connectivity index (χ0n) is 16.8. The number of aryl methyl sites for hydroxylation is 1. The molecule has 0 N–H and O–H groups in total. The first-order valence-electron chi connectivity index (χ1n) is 9.69. The van der Waals surface area contributed by atoms with Crippen molar-refractivity contribution < 1.29 is 18.3 Å². The Labute approximate surface area is 172 Å². The molecule has 4 rings (SSSR count). The fourth-order valence-corrected chi connectivity index (χ4v) is 3.52. The number of likely N-dealkylation sites (tertiary alicyclic amines) is 1. The van der Waals surface area contributed by atoms with Crippen LogP contribution in [0, 0.1) is 6.92 Å². The fourth-order valence-electron chi connectivity index (χ4n) is 3.52. The van der Waals surface area contributed by atoms with Gasteiger partial charge in [-0.1, -0.05) is 11.3 Å². The molecule has 8 nitrogen and oxygen atoms in total. The third kappa shape index (κ3) is 3.64. The predicted octanol–water partition coefficient (Wildman–Crippen LogP) is 3.01. The number of hydrogen-bond donors (Lipinski definition) is 0. The maximum Gasteiger partial charge on any atom is 0.424 e. The van der Waals surface area contributed by atoms with Crippen molar-refractivity contribution in [2.24, 2.45) is 0 Å². The number of halogens is 2. The maximum absolute atomic E-state index is 14.7. The summed E-state index contributed by atoms with van der Waals surface area (Å²) in [4.78, 5) is 17.7. The molecule has 1 aliphatic rings. The average Bonchev–Trinajstić information content (AvgIpc) is 3.43. The van der Waals surface area contributed by atoms with Crippen molar-refractivity contribution in [2.45, 2.75) is 32.2 Å². The van der Waals surface area contributed by atoms with Crippen LogP contribution in [0.3, 0.4) is 0 Å². The molecule has 30 heavy (non-hydrogen) atoms. The van der Waals surface area contributed by atoms with Crippen LogP contribution in [0.25, 0.3) is 16.9 Å². The Morgan fingerprint density at radius 3 is 2.60 bits per heavy atom. The molecule has 3 heterocycles. The third-order valence-electron chi connectivity index (χ3n) is 5.15. The first-order chi connectivity index (χ1) is 14.4. The molecule has 0 atom stereocenters. The molecule has 1 amide bonds. The Morgan fingerprint density at radius 2 is 1.93 bits per heavy atom. The van der Waals surface area contributed by atoms with Gasteiger partial charge in [0.05, 0.1) is 31.0 Å². The van der Waals surface area contributed by atoms with Gasteiger partial charge in [-0.05, 0) is 38.3 Å². The number of methoxy groups -OCH3 is 1. The number of carbonyl (C=O) groups is 1. The summed E-state index contributed by atoms with van der Waals surface area (Å²) in [7, 11) is 1.52. The summed E-state index contributed by atoms with van der Waals surface area (Å²) in [5, 5.41) is 7.38. The van der Waals surface area contributed by atoms with Gasteiger partial charge in [-0.25, -0.2) is 4.98 Å². The number of ether oxygens (including phenoxy) is 1. The van der Waals surface area contributed by atoms with Crippen LogP contribution >= 0.6 is 0 Å². The summed E-state index contributed by atoms with van der Waals surface area (Å²) in [5.41, 5.74) is 2.36. The molecule has 0 saturated carbocycles. The summed E-state index contributed by atoms with van der Waals surface area (Å²) in [6.07, 6.45) is 6.99. The highest BCUT2D eigenvalue weighted by atomic mass is 19.3. The quantitative estimate of drug-likeness (QED) is 0.639. The maximum atomic E-state index is 14.7. The van der Waals surface area contributed by atoms with E-state index >= 15 is 0 Å². The molecule has 3 aromatic rings. The molecule has 1 aromatic carbocycles. The van der Waals surface area contributed by atoms with Crippen molar-refractivity contribution in [3.05, 3.63) is 42.6 Å². The van der Waals surface area contributed by atoms with Crippen molar-refractivity contribution in [1.29, 1.82) is 0 Å². The van der Waals surface area contributed by atoms with Gasteiger partial charge < -0.3 is 14.2 Å². The minimum atomic E-state index is -3.79. The summed E-state index contributed by atoms with van der Waals surface area (Å²) >= 11 is 0. The largest absolute Gasteiger partial charge is 0.495 e. The molecule has 1 aliphatic heterocycles. The zero-order valence-corrected chi connectivity index (χ0v) is 16.8. The zero-order chi connectivity index (χ0) is 21.3. The molecule has 158 valence electrons. The van der Waals surface area contributed by atoms with Crippen LogP contribution in [0.4, 0.5) is 8.78 Å². The first-order valence-corrected chi connectivity index (χ1v) is 9.69. The van der Waals surface area contributed by atoms with Gasteiger partial charge in [0, 0.05) is 24.8 Å². The molecule has 10 heteroatoms. The second-order valence-corrected chi connectivity index (χ2v) is 7.25. The lowest BCUT2D eigenvalue weighted by Crippen LogP contribution is -2.47. The second kappa shape index (κ2) is 7.85.